The van der Waals surface area contributed by atoms with Crippen LogP contribution in [0.5, 0.6) is 5.75 Å². The van der Waals surface area contributed by atoms with Crippen molar-refractivity contribution in [2.24, 2.45) is 0 Å². The van der Waals surface area contributed by atoms with E-state index in [4.69, 9.17) is 4.74 Å². The highest BCUT2D eigenvalue weighted by molar-refractivity contribution is 5.96. The van der Waals surface area contributed by atoms with E-state index in [1.807, 2.05) is 54.7 Å². The van der Waals surface area contributed by atoms with Crippen molar-refractivity contribution in [2.75, 3.05) is 11.9 Å². The molecule has 0 fully saturated rings. The predicted octanol–water partition coefficient (Wildman–Crippen LogP) is 5.06. The second-order valence-electron chi connectivity index (χ2n) is 7.15. The number of anilines is 1. The molecule has 146 valence electrons. The lowest BCUT2D eigenvalue weighted by molar-refractivity contribution is -0.114. The molecule has 1 aliphatic rings. The number of nitrogens with one attached hydrogen (secondary N) is 1. The van der Waals surface area contributed by atoms with Gasteiger partial charge in [0.15, 0.2) is 5.78 Å². The molecule has 0 spiro atoms. The molecule has 0 saturated carbocycles. The Morgan fingerprint density at radius 3 is 2.83 bits per heavy atom. The van der Waals surface area contributed by atoms with Gasteiger partial charge in [0.1, 0.15) is 11.5 Å². The number of hydrogen-bond donors (Lipinski definition) is 1. The van der Waals surface area contributed by atoms with E-state index in [2.05, 4.69) is 22.4 Å². The van der Waals surface area contributed by atoms with Gasteiger partial charge < -0.3 is 10.1 Å². The van der Waals surface area contributed by atoms with Crippen LogP contribution >= 0.6 is 0 Å². The number of nitrogens with zero attached hydrogens (tertiary/aromatic N) is 1. The molecule has 0 atom stereocenters. The van der Waals surface area contributed by atoms with E-state index >= 15 is 0 Å². The van der Waals surface area contributed by atoms with Gasteiger partial charge in [-0.05, 0) is 48.6 Å². The SMILES string of the molecule is O=C1C=C(Oc2cccc(NCCc3cccnc3)c2)c2ccccc2CCC1. The first-order valence-electron chi connectivity index (χ1n) is 10.0. The van der Waals surface area contributed by atoms with E-state index in [0.717, 1.165) is 37.1 Å². The lowest BCUT2D eigenvalue weighted by Crippen LogP contribution is -2.08. The molecule has 0 bridgehead atoms. The number of carbonyl (C=O) groups excluding carboxylic acids is 1. The van der Waals surface area contributed by atoms with E-state index < -0.39 is 0 Å². The largest absolute Gasteiger partial charge is 0.457 e. The highest BCUT2D eigenvalue weighted by Crippen LogP contribution is 2.28. The number of hydrogen-bond acceptors (Lipinski definition) is 4. The summed E-state index contributed by atoms with van der Waals surface area (Å²) in [5, 5.41) is 3.43. The van der Waals surface area contributed by atoms with Crippen LogP contribution in [-0.4, -0.2) is 17.3 Å². The standard InChI is InChI=1S/C25H24N2O2/c28-22-10-3-8-20-7-1-2-12-24(20)25(17-22)29-23-11-4-9-21(16-23)27-15-13-19-6-5-14-26-18-19/h1-2,4-7,9,11-12,14,16-18,27H,3,8,10,13,15H2. The van der Waals surface area contributed by atoms with Gasteiger partial charge in [-0.25, -0.2) is 0 Å². The van der Waals surface area contributed by atoms with Crippen molar-refractivity contribution in [3.05, 3.63) is 95.8 Å². The predicted molar refractivity (Wildman–Crippen MR) is 116 cm³/mol. The quantitative estimate of drug-likeness (QED) is 0.645. The van der Waals surface area contributed by atoms with Gasteiger partial charge in [-0.3, -0.25) is 9.78 Å². The molecular weight excluding hydrogens is 360 g/mol. The molecule has 1 heterocycles. The fraction of sp³-hybridized carbons (Fsp3) is 0.200. The van der Waals surface area contributed by atoms with Gasteiger partial charge in [0.25, 0.3) is 0 Å². The zero-order valence-electron chi connectivity index (χ0n) is 16.3. The molecule has 1 aliphatic carbocycles. The van der Waals surface area contributed by atoms with Crippen LogP contribution < -0.4 is 10.1 Å². The average Bonchev–Trinajstić information content (AvgIpc) is 2.74. The summed E-state index contributed by atoms with van der Waals surface area (Å²) in [6.45, 7) is 0.805. The second-order valence-corrected chi connectivity index (χ2v) is 7.15. The van der Waals surface area contributed by atoms with Gasteiger partial charge >= 0.3 is 0 Å². The highest BCUT2D eigenvalue weighted by atomic mass is 16.5. The van der Waals surface area contributed by atoms with Crippen LogP contribution in [0.15, 0.2) is 79.1 Å². The van der Waals surface area contributed by atoms with Crippen molar-refractivity contribution >= 4 is 17.2 Å². The molecule has 0 amide bonds. The zero-order chi connectivity index (χ0) is 19.9. The van der Waals surface area contributed by atoms with E-state index in [0.29, 0.717) is 17.9 Å². The molecule has 2 aromatic carbocycles. The number of benzene rings is 2. The molecule has 0 saturated heterocycles. The molecule has 1 aromatic heterocycles. The number of allylic oxidation sites excluding steroid dienone is 1. The van der Waals surface area contributed by atoms with Crippen LogP contribution in [0, 0.1) is 0 Å². The molecule has 0 aliphatic heterocycles. The maximum absolute atomic E-state index is 12.2. The first-order chi connectivity index (χ1) is 14.3. The van der Waals surface area contributed by atoms with Gasteiger partial charge in [-0.2, -0.15) is 0 Å². The molecular formula is C25H24N2O2. The first-order valence-corrected chi connectivity index (χ1v) is 10.0. The van der Waals surface area contributed by atoms with Crippen molar-refractivity contribution in [1.82, 2.24) is 4.98 Å². The minimum absolute atomic E-state index is 0.111. The highest BCUT2D eigenvalue weighted by Gasteiger charge is 2.15. The average molecular weight is 384 g/mol. The van der Waals surface area contributed by atoms with Gasteiger partial charge in [0.2, 0.25) is 0 Å². The van der Waals surface area contributed by atoms with Crippen LogP contribution in [0.3, 0.4) is 0 Å². The fourth-order valence-electron chi connectivity index (χ4n) is 3.51. The minimum Gasteiger partial charge on any atom is -0.457 e. The third-order valence-electron chi connectivity index (χ3n) is 4.97. The summed E-state index contributed by atoms with van der Waals surface area (Å²) in [4.78, 5) is 16.4. The first kappa shape index (κ1) is 18.9. The van der Waals surface area contributed by atoms with Crippen molar-refractivity contribution in [2.45, 2.75) is 25.7 Å². The number of rotatable bonds is 6. The lowest BCUT2D eigenvalue weighted by Gasteiger charge is -2.17. The van der Waals surface area contributed by atoms with Gasteiger partial charge in [-0.1, -0.05) is 36.4 Å². The van der Waals surface area contributed by atoms with Crippen molar-refractivity contribution < 1.29 is 9.53 Å². The van der Waals surface area contributed by atoms with Gasteiger partial charge in [-0.15, -0.1) is 0 Å². The molecule has 4 nitrogen and oxygen atoms in total. The Hall–Kier alpha value is -3.40. The third kappa shape index (κ3) is 5.11. The number of ether oxygens (including phenoxy) is 1. The molecule has 0 radical (unpaired) electrons. The molecule has 4 heteroatoms. The zero-order valence-corrected chi connectivity index (χ0v) is 16.3. The second kappa shape index (κ2) is 9.20. The Morgan fingerprint density at radius 1 is 1.00 bits per heavy atom. The molecule has 3 aromatic rings. The maximum atomic E-state index is 12.2. The van der Waals surface area contributed by atoms with Gasteiger partial charge in [0.05, 0.1) is 0 Å². The van der Waals surface area contributed by atoms with Crippen LogP contribution in [0.1, 0.15) is 29.5 Å². The number of carbonyl (C=O) groups is 1. The summed E-state index contributed by atoms with van der Waals surface area (Å²) in [6.07, 6.45) is 8.51. The van der Waals surface area contributed by atoms with E-state index in [1.54, 1.807) is 12.3 Å². The maximum Gasteiger partial charge on any atom is 0.159 e. The van der Waals surface area contributed by atoms with Gasteiger partial charge in [0, 0.05) is 48.8 Å². The Bertz CT molecular complexity index is 1010. The minimum atomic E-state index is 0.111. The Kier molecular flexibility index (Phi) is 6.01. The number of aromatic nitrogens is 1. The number of pyridine rings is 1. The van der Waals surface area contributed by atoms with Crippen LogP contribution in [-0.2, 0) is 17.6 Å². The normalized spacial score (nSPS) is 13.7. The van der Waals surface area contributed by atoms with Crippen LogP contribution in [0.25, 0.3) is 5.76 Å². The summed E-state index contributed by atoms with van der Waals surface area (Å²) in [7, 11) is 0. The third-order valence-corrected chi connectivity index (χ3v) is 4.97. The molecule has 29 heavy (non-hydrogen) atoms. The molecule has 4 rings (SSSR count). The molecule has 0 unspecified atom stereocenters. The Morgan fingerprint density at radius 2 is 1.93 bits per heavy atom. The van der Waals surface area contributed by atoms with Crippen molar-refractivity contribution in [3.8, 4) is 5.75 Å². The van der Waals surface area contributed by atoms with E-state index in [-0.39, 0.29) is 5.78 Å². The summed E-state index contributed by atoms with van der Waals surface area (Å²) in [5.41, 5.74) is 4.40. The smallest absolute Gasteiger partial charge is 0.159 e. The lowest BCUT2D eigenvalue weighted by atomic mass is 9.96. The summed E-state index contributed by atoms with van der Waals surface area (Å²) in [6, 6.07) is 20.0. The Balaban J connectivity index is 1.48. The number of aryl methyl sites for hydroxylation is 1. The van der Waals surface area contributed by atoms with Crippen molar-refractivity contribution in [1.29, 1.82) is 0 Å². The monoisotopic (exact) mass is 384 g/mol. The number of ketones is 1. The van der Waals surface area contributed by atoms with E-state index in [1.165, 1.54) is 11.1 Å². The molecule has 1 N–H and O–H groups in total. The van der Waals surface area contributed by atoms with Crippen LogP contribution in [0.4, 0.5) is 5.69 Å². The number of fused-ring (bicyclic) bond motifs is 1. The van der Waals surface area contributed by atoms with Crippen LogP contribution in [0.2, 0.25) is 0 Å². The fourth-order valence-corrected chi connectivity index (χ4v) is 3.51. The Labute approximate surface area is 171 Å². The summed E-state index contributed by atoms with van der Waals surface area (Å²) < 4.78 is 6.18. The topological polar surface area (TPSA) is 51.2 Å². The summed E-state index contributed by atoms with van der Waals surface area (Å²) in [5.74, 6) is 1.45. The summed E-state index contributed by atoms with van der Waals surface area (Å²) >= 11 is 0. The van der Waals surface area contributed by atoms with Crippen molar-refractivity contribution in [3.63, 3.8) is 0 Å². The van der Waals surface area contributed by atoms with E-state index in [9.17, 15) is 4.79 Å².